The van der Waals surface area contributed by atoms with Crippen molar-refractivity contribution in [3.05, 3.63) is 88.5 Å². The standard InChI is InChI=1S/C12H12.C8H10.C3H6F2.C2H6.CH2S/c1-9-3-5-12-8-10(2)4-6-11(12)7-9;1-7-3-5-8(2)6-4-7;1-3(2,4)5;2*1-2/h3-6,8H,1,7H2,2H3;3-6H,1-2H3;1-2H3;1-2H3;1H2. The van der Waals surface area contributed by atoms with Gasteiger partial charge in [-0.15, -0.1) is 0 Å². The Morgan fingerprint density at radius 1 is 0.793 bits per heavy atom. The van der Waals surface area contributed by atoms with Gasteiger partial charge in [-0.05, 0) is 58.0 Å². The van der Waals surface area contributed by atoms with Crippen molar-refractivity contribution >= 4 is 24.2 Å². The first-order chi connectivity index (χ1) is 13.5. The zero-order valence-electron chi connectivity index (χ0n) is 19.0. The third-order valence-electron chi connectivity index (χ3n) is 3.44. The lowest BCUT2D eigenvalue weighted by Gasteiger charge is -2.12. The molecule has 0 saturated heterocycles. The SMILES string of the molecule is C=C1C=Cc2cc(C)ccc2C1.C=S.CC.CC(C)(F)F.Cc1ccc(C)cc1. The Balaban J connectivity index is 0. The van der Waals surface area contributed by atoms with Crippen LogP contribution in [0.3, 0.4) is 0 Å². The molecule has 2 aromatic rings. The molecule has 1 aliphatic rings. The molecule has 2 aromatic carbocycles. The average molecular weight is 419 g/mol. The fraction of sp³-hybridized carbons (Fsp3) is 0.346. The van der Waals surface area contributed by atoms with Crippen LogP contribution in [0.15, 0.2) is 60.7 Å². The molecule has 0 fully saturated rings. The molecule has 160 valence electrons. The number of hydrogen-bond donors (Lipinski definition) is 0. The van der Waals surface area contributed by atoms with Crippen LogP contribution in [0.2, 0.25) is 0 Å². The number of rotatable bonds is 0. The van der Waals surface area contributed by atoms with Gasteiger partial charge in [0.2, 0.25) is 5.92 Å². The van der Waals surface area contributed by atoms with E-state index in [1.165, 1.54) is 33.4 Å². The van der Waals surface area contributed by atoms with Crippen molar-refractivity contribution in [2.45, 2.75) is 60.8 Å². The summed E-state index contributed by atoms with van der Waals surface area (Å²) < 4.78 is 22.0. The van der Waals surface area contributed by atoms with E-state index in [9.17, 15) is 8.78 Å². The summed E-state index contributed by atoms with van der Waals surface area (Å²) in [6.45, 7) is 16.0. The highest BCUT2D eigenvalue weighted by Gasteiger charge is 2.08. The van der Waals surface area contributed by atoms with Crippen molar-refractivity contribution < 1.29 is 8.78 Å². The number of allylic oxidation sites excluding steroid dienone is 2. The van der Waals surface area contributed by atoms with Gasteiger partial charge in [-0.3, -0.25) is 0 Å². The molecule has 0 unspecified atom stereocenters. The van der Waals surface area contributed by atoms with Crippen LogP contribution in [0.4, 0.5) is 8.78 Å². The molecule has 0 bridgehead atoms. The van der Waals surface area contributed by atoms with Crippen LogP contribution in [0.25, 0.3) is 6.08 Å². The molecular formula is C26H36F2S. The van der Waals surface area contributed by atoms with Crippen molar-refractivity contribution in [2.75, 3.05) is 0 Å². The molecular weight excluding hydrogens is 382 g/mol. The second kappa shape index (κ2) is 15.8. The van der Waals surface area contributed by atoms with E-state index in [2.05, 4.69) is 100 Å². The number of fused-ring (bicyclic) bond motifs is 1. The van der Waals surface area contributed by atoms with Crippen LogP contribution in [0, 0.1) is 20.8 Å². The lowest BCUT2D eigenvalue weighted by atomic mass is 9.93. The number of hydrogen-bond acceptors (Lipinski definition) is 1. The van der Waals surface area contributed by atoms with Crippen LogP contribution in [-0.2, 0) is 6.42 Å². The maximum atomic E-state index is 11.0. The van der Waals surface area contributed by atoms with Crippen molar-refractivity contribution in [3.63, 3.8) is 0 Å². The Labute approximate surface area is 182 Å². The van der Waals surface area contributed by atoms with Gasteiger partial charge in [0, 0.05) is 0 Å². The third kappa shape index (κ3) is 16.5. The van der Waals surface area contributed by atoms with Gasteiger partial charge < -0.3 is 0 Å². The summed E-state index contributed by atoms with van der Waals surface area (Å²) in [6.07, 6.45) is 5.25. The smallest absolute Gasteiger partial charge is 0.208 e. The fourth-order valence-electron chi connectivity index (χ4n) is 2.18. The van der Waals surface area contributed by atoms with Gasteiger partial charge in [0.15, 0.2) is 0 Å². The minimum absolute atomic E-state index is 0.854. The summed E-state index contributed by atoms with van der Waals surface area (Å²) in [5.74, 6) is 0.333. The molecule has 0 saturated carbocycles. The van der Waals surface area contributed by atoms with Crippen molar-refractivity contribution in [1.82, 2.24) is 0 Å². The highest BCUT2D eigenvalue weighted by atomic mass is 32.1. The molecule has 0 N–H and O–H groups in total. The molecule has 0 spiro atoms. The third-order valence-corrected chi connectivity index (χ3v) is 3.44. The highest BCUT2D eigenvalue weighted by molar-refractivity contribution is 7.77. The van der Waals surface area contributed by atoms with Gasteiger partial charge >= 0.3 is 0 Å². The van der Waals surface area contributed by atoms with E-state index < -0.39 is 5.92 Å². The monoisotopic (exact) mass is 418 g/mol. The van der Waals surface area contributed by atoms with Crippen molar-refractivity contribution in [3.8, 4) is 0 Å². The van der Waals surface area contributed by atoms with Crippen LogP contribution >= 0.6 is 12.2 Å². The molecule has 3 rings (SSSR count). The maximum Gasteiger partial charge on any atom is 0.242 e. The molecule has 3 heteroatoms. The fourth-order valence-corrected chi connectivity index (χ4v) is 2.18. The Morgan fingerprint density at radius 2 is 1.17 bits per heavy atom. The quantitative estimate of drug-likeness (QED) is 0.385. The number of benzene rings is 2. The predicted octanol–water partition coefficient (Wildman–Crippen LogP) is 8.73. The topological polar surface area (TPSA) is 0 Å². The van der Waals surface area contributed by atoms with E-state index >= 15 is 0 Å². The molecule has 0 atom stereocenters. The molecule has 0 radical (unpaired) electrons. The zero-order valence-corrected chi connectivity index (χ0v) is 19.8. The van der Waals surface area contributed by atoms with Crippen LogP contribution in [0.5, 0.6) is 0 Å². The average Bonchev–Trinajstić information content (AvgIpc) is 2.67. The Hall–Kier alpha value is -2.13. The lowest BCUT2D eigenvalue weighted by Crippen LogP contribution is -1.98. The molecule has 0 aliphatic heterocycles. The highest BCUT2D eigenvalue weighted by Crippen LogP contribution is 2.22. The van der Waals surface area contributed by atoms with Crippen molar-refractivity contribution in [2.24, 2.45) is 0 Å². The lowest BCUT2D eigenvalue weighted by molar-refractivity contribution is 0.0437. The molecule has 1 aliphatic carbocycles. The predicted molar refractivity (Wildman–Crippen MR) is 131 cm³/mol. The van der Waals surface area contributed by atoms with Gasteiger partial charge in [-0.25, -0.2) is 8.78 Å². The first kappa shape index (κ1) is 29.1. The number of thiocarbonyl (C=S) groups is 1. The van der Waals surface area contributed by atoms with Gasteiger partial charge in [0.25, 0.3) is 0 Å². The number of halogens is 2. The molecule has 29 heavy (non-hydrogen) atoms. The zero-order chi connectivity index (χ0) is 23.0. The van der Waals surface area contributed by atoms with Gasteiger partial charge in [-0.1, -0.05) is 110 Å². The van der Waals surface area contributed by atoms with E-state index in [4.69, 9.17) is 0 Å². The summed E-state index contributed by atoms with van der Waals surface area (Å²) in [5, 5.41) is 0. The second-order valence-electron chi connectivity index (χ2n) is 6.85. The largest absolute Gasteiger partial charge is 0.242 e. The summed E-state index contributed by atoms with van der Waals surface area (Å²) in [4.78, 5) is 0. The van der Waals surface area contributed by atoms with Gasteiger partial charge in [-0.2, -0.15) is 0 Å². The van der Waals surface area contributed by atoms with Crippen LogP contribution < -0.4 is 0 Å². The van der Waals surface area contributed by atoms with E-state index in [0.717, 1.165) is 20.3 Å². The Bertz CT molecular complexity index is 711. The van der Waals surface area contributed by atoms with Crippen molar-refractivity contribution in [1.29, 1.82) is 0 Å². The van der Waals surface area contributed by atoms with E-state index in [-0.39, 0.29) is 0 Å². The Kier molecular flexibility index (Phi) is 15.8. The normalized spacial score (nSPS) is 11.0. The van der Waals surface area contributed by atoms with E-state index in [0.29, 0.717) is 0 Å². The maximum absolute atomic E-state index is 11.0. The molecule has 0 heterocycles. The van der Waals surface area contributed by atoms with Crippen LogP contribution in [0.1, 0.15) is 55.5 Å². The summed E-state index contributed by atoms with van der Waals surface area (Å²) >= 11 is 3.83. The minimum atomic E-state index is -2.50. The molecule has 0 amide bonds. The van der Waals surface area contributed by atoms with Crippen LogP contribution in [-0.4, -0.2) is 11.8 Å². The minimum Gasteiger partial charge on any atom is -0.208 e. The summed E-state index contributed by atoms with van der Waals surface area (Å²) in [7, 11) is 0. The van der Waals surface area contributed by atoms with E-state index in [1.807, 2.05) is 13.8 Å². The first-order valence-corrected chi connectivity index (χ1v) is 10.3. The van der Waals surface area contributed by atoms with E-state index in [1.54, 1.807) is 0 Å². The summed E-state index contributed by atoms with van der Waals surface area (Å²) in [5.41, 5.74) is 7.93. The first-order valence-electron chi connectivity index (χ1n) is 9.70. The Morgan fingerprint density at radius 3 is 1.59 bits per heavy atom. The van der Waals surface area contributed by atoms with Gasteiger partial charge in [0.05, 0.1) is 0 Å². The molecule has 0 aromatic heterocycles. The number of alkyl halides is 2. The number of aryl methyl sites for hydroxylation is 3. The summed E-state index contributed by atoms with van der Waals surface area (Å²) in [6, 6.07) is 15.1. The van der Waals surface area contributed by atoms with Gasteiger partial charge in [0.1, 0.15) is 0 Å². The second-order valence-corrected chi connectivity index (χ2v) is 6.85. The molecule has 0 nitrogen and oxygen atoms in total.